The standard InChI is InChI=1S/C16H16N2O2S/c1-3-8-14(9-4-2)16-17-12-13-18(16)21(19,20)15-10-6-5-7-11-15/h3-13H,1H2,2H3/b9-4-,14-8+. The SMILES string of the molecule is C=C/C=C(\C=C/C)c1nccn1S(=O)(=O)c1ccccc1. The molecule has 0 N–H and O–H groups in total. The molecule has 0 aliphatic rings. The molecular formula is C16H16N2O2S. The molecule has 1 heterocycles. The van der Waals surface area contributed by atoms with E-state index in [0.29, 0.717) is 11.4 Å². The van der Waals surface area contributed by atoms with Crippen molar-refractivity contribution in [2.24, 2.45) is 0 Å². The van der Waals surface area contributed by atoms with Crippen LogP contribution < -0.4 is 0 Å². The molecule has 0 bridgehead atoms. The summed E-state index contributed by atoms with van der Waals surface area (Å²) in [5, 5.41) is 0. The second-order valence-electron chi connectivity index (χ2n) is 4.22. The molecule has 0 aliphatic carbocycles. The Balaban J connectivity index is 2.60. The third kappa shape index (κ3) is 3.03. The van der Waals surface area contributed by atoms with Gasteiger partial charge in [-0.25, -0.2) is 17.4 Å². The third-order valence-electron chi connectivity index (χ3n) is 2.81. The molecule has 0 aliphatic heterocycles. The zero-order chi connectivity index (χ0) is 15.3. The smallest absolute Gasteiger partial charge is 0.236 e. The van der Waals surface area contributed by atoms with Crippen LogP contribution in [0.4, 0.5) is 0 Å². The number of aromatic nitrogens is 2. The third-order valence-corrected chi connectivity index (χ3v) is 4.49. The van der Waals surface area contributed by atoms with Crippen LogP contribution in [0.25, 0.3) is 5.57 Å². The number of benzene rings is 1. The van der Waals surface area contributed by atoms with E-state index in [1.54, 1.807) is 48.6 Å². The highest BCUT2D eigenvalue weighted by Crippen LogP contribution is 2.20. The lowest BCUT2D eigenvalue weighted by Gasteiger charge is -2.09. The van der Waals surface area contributed by atoms with Crippen molar-refractivity contribution in [1.29, 1.82) is 0 Å². The summed E-state index contributed by atoms with van der Waals surface area (Å²) in [4.78, 5) is 4.39. The number of hydrogen-bond acceptors (Lipinski definition) is 3. The van der Waals surface area contributed by atoms with Crippen molar-refractivity contribution in [3.05, 3.63) is 79.4 Å². The largest absolute Gasteiger partial charge is 0.269 e. The van der Waals surface area contributed by atoms with E-state index in [-0.39, 0.29) is 4.90 Å². The Morgan fingerprint density at radius 2 is 2.00 bits per heavy atom. The molecule has 2 aromatic rings. The normalized spacial score (nSPS) is 12.7. The highest BCUT2D eigenvalue weighted by molar-refractivity contribution is 7.90. The number of nitrogens with zero attached hydrogens (tertiary/aromatic N) is 2. The summed E-state index contributed by atoms with van der Waals surface area (Å²) in [5.74, 6) is 0.358. The van der Waals surface area contributed by atoms with Crippen molar-refractivity contribution in [3.63, 3.8) is 0 Å². The fraction of sp³-hybridized carbons (Fsp3) is 0.0625. The van der Waals surface area contributed by atoms with Gasteiger partial charge in [-0.05, 0) is 19.1 Å². The maximum Gasteiger partial charge on any atom is 0.269 e. The lowest BCUT2D eigenvalue weighted by molar-refractivity contribution is 0.586. The Bertz CT molecular complexity index is 785. The van der Waals surface area contributed by atoms with E-state index < -0.39 is 10.0 Å². The van der Waals surface area contributed by atoms with Crippen LogP contribution in [0.3, 0.4) is 0 Å². The molecule has 2 rings (SSSR count). The number of allylic oxidation sites excluding steroid dienone is 5. The molecule has 0 fully saturated rings. The Labute approximate surface area is 124 Å². The van der Waals surface area contributed by atoms with E-state index >= 15 is 0 Å². The van der Waals surface area contributed by atoms with Gasteiger partial charge in [0.2, 0.25) is 0 Å². The molecule has 108 valence electrons. The van der Waals surface area contributed by atoms with E-state index in [9.17, 15) is 8.42 Å². The van der Waals surface area contributed by atoms with Gasteiger partial charge < -0.3 is 0 Å². The number of hydrogen-bond donors (Lipinski definition) is 0. The van der Waals surface area contributed by atoms with Crippen LogP contribution in [0.1, 0.15) is 12.7 Å². The van der Waals surface area contributed by atoms with Gasteiger partial charge >= 0.3 is 0 Å². The number of imidazole rings is 1. The fourth-order valence-electron chi connectivity index (χ4n) is 1.90. The van der Waals surface area contributed by atoms with Crippen LogP contribution in [0.5, 0.6) is 0 Å². The fourth-order valence-corrected chi connectivity index (χ4v) is 3.23. The predicted octanol–water partition coefficient (Wildman–Crippen LogP) is 3.27. The molecule has 4 nitrogen and oxygen atoms in total. The van der Waals surface area contributed by atoms with Gasteiger partial charge in [0.05, 0.1) is 4.90 Å². The molecule has 1 aromatic carbocycles. The molecule has 0 unspecified atom stereocenters. The highest BCUT2D eigenvalue weighted by atomic mass is 32.2. The minimum Gasteiger partial charge on any atom is -0.236 e. The first kappa shape index (κ1) is 15.0. The summed E-state index contributed by atoms with van der Waals surface area (Å²) >= 11 is 0. The van der Waals surface area contributed by atoms with Crippen molar-refractivity contribution in [2.45, 2.75) is 11.8 Å². The number of rotatable bonds is 5. The first-order valence-corrected chi connectivity index (χ1v) is 7.85. The maximum absolute atomic E-state index is 12.7. The average Bonchev–Trinajstić information content (AvgIpc) is 2.98. The van der Waals surface area contributed by atoms with Crippen LogP contribution in [-0.2, 0) is 10.0 Å². The zero-order valence-corrected chi connectivity index (χ0v) is 12.5. The topological polar surface area (TPSA) is 52.0 Å². The van der Waals surface area contributed by atoms with Gasteiger partial charge in [-0.1, -0.05) is 49.1 Å². The lowest BCUT2D eigenvalue weighted by atomic mass is 10.2. The quantitative estimate of drug-likeness (QED) is 0.796. The lowest BCUT2D eigenvalue weighted by Crippen LogP contribution is -2.14. The van der Waals surface area contributed by atoms with E-state index in [2.05, 4.69) is 11.6 Å². The van der Waals surface area contributed by atoms with Crippen LogP contribution in [0, 0.1) is 0 Å². The van der Waals surface area contributed by atoms with Crippen LogP contribution in [0.2, 0.25) is 0 Å². The van der Waals surface area contributed by atoms with Crippen molar-refractivity contribution in [1.82, 2.24) is 8.96 Å². The van der Waals surface area contributed by atoms with Gasteiger partial charge in [-0.15, -0.1) is 0 Å². The molecule has 0 saturated carbocycles. The highest BCUT2D eigenvalue weighted by Gasteiger charge is 2.20. The van der Waals surface area contributed by atoms with Crippen molar-refractivity contribution in [2.75, 3.05) is 0 Å². The van der Waals surface area contributed by atoms with E-state index in [0.717, 1.165) is 0 Å². The summed E-state index contributed by atoms with van der Waals surface area (Å²) in [6.45, 7) is 5.50. The second kappa shape index (κ2) is 6.37. The first-order chi connectivity index (χ1) is 10.1. The summed E-state index contributed by atoms with van der Waals surface area (Å²) in [6.07, 6.45) is 9.85. The first-order valence-electron chi connectivity index (χ1n) is 6.41. The Morgan fingerprint density at radius 3 is 2.62 bits per heavy atom. The van der Waals surface area contributed by atoms with E-state index in [1.807, 2.05) is 13.0 Å². The Morgan fingerprint density at radius 1 is 1.29 bits per heavy atom. The van der Waals surface area contributed by atoms with Gasteiger partial charge in [0.25, 0.3) is 10.0 Å². The minimum atomic E-state index is -3.66. The molecule has 0 atom stereocenters. The zero-order valence-electron chi connectivity index (χ0n) is 11.7. The summed E-state index contributed by atoms with van der Waals surface area (Å²) < 4.78 is 26.5. The van der Waals surface area contributed by atoms with Gasteiger partial charge in [0, 0.05) is 18.0 Å². The van der Waals surface area contributed by atoms with Crippen molar-refractivity contribution in [3.8, 4) is 0 Å². The van der Waals surface area contributed by atoms with Crippen LogP contribution in [0.15, 0.2) is 78.5 Å². The van der Waals surface area contributed by atoms with Crippen molar-refractivity contribution >= 4 is 15.6 Å². The second-order valence-corrected chi connectivity index (χ2v) is 6.04. The maximum atomic E-state index is 12.7. The van der Waals surface area contributed by atoms with E-state index in [1.165, 1.54) is 16.4 Å². The van der Waals surface area contributed by atoms with Gasteiger partial charge in [0.15, 0.2) is 5.82 Å². The molecule has 1 aromatic heterocycles. The molecule has 21 heavy (non-hydrogen) atoms. The minimum absolute atomic E-state index is 0.225. The summed E-state index contributed by atoms with van der Waals surface area (Å²) in [7, 11) is -3.66. The predicted molar refractivity (Wildman–Crippen MR) is 84.2 cm³/mol. The average molecular weight is 300 g/mol. The van der Waals surface area contributed by atoms with Gasteiger partial charge in [-0.2, -0.15) is 0 Å². The summed E-state index contributed by atoms with van der Waals surface area (Å²) in [6, 6.07) is 8.28. The van der Waals surface area contributed by atoms with Crippen LogP contribution in [-0.4, -0.2) is 17.4 Å². The molecule has 0 spiro atoms. The summed E-state index contributed by atoms with van der Waals surface area (Å²) in [5.41, 5.74) is 0.678. The monoisotopic (exact) mass is 300 g/mol. The van der Waals surface area contributed by atoms with Gasteiger partial charge in [-0.3, -0.25) is 0 Å². The van der Waals surface area contributed by atoms with Gasteiger partial charge in [0.1, 0.15) is 0 Å². The molecule has 0 saturated heterocycles. The van der Waals surface area contributed by atoms with E-state index in [4.69, 9.17) is 0 Å². The van der Waals surface area contributed by atoms with Crippen LogP contribution >= 0.6 is 0 Å². The molecule has 5 heteroatoms. The molecule has 0 amide bonds. The molecular weight excluding hydrogens is 284 g/mol. The van der Waals surface area contributed by atoms with Crippen molar-refractivity contribution < 1.29 is 8.42 Å². The Hall–Kier alpha value is -2.40. The Kier molecular flexibility index (Phi) is 4.55. The molecule has 0 radical (unpaired) electrons.